The second-order valence-electron chi connectivity index (χ2n) is 5.75. The van der Waals surface area contributed by atoms with Crippen LogP contribution in [0.25, 0.3) is 11.3 Å². The number of nitrogens with zero attached hydrogens (tertiary/aromatic N) is 2. The van der Waals surface area contributed by atoms with E-state index in [1.165, 1.54) is 18.2 Å². The highest BCUT2D eigenvalue weighted by atomic mass is 32.2. The molecule has 0 amide bonds. The van der Waals surface area contributed by atoms with E-state index in [0.717, 1.165) is 18.1 Å². The van der Waals surface area contributed by atoms with Gasteiger partial charge in [-0.15, -0.1) is 10.2 Å². The van der Waals surface area contributed by atoms with Crippen LogP contribution in [0.2, 0.25) is 0 Å². The van der Waals surface area contributed by atoms with Crippen molar-refractivity contribution in [2.24, 2.45) is 0 Å². The number of ether oxygens (including phenoxy) is 1. The molecular formula is C19H18FN3O3S. The minimum absolute atomic E-state index is 0.139. The van der Waals surface area contributed by atoms with Crippen LogP contribution in [0.5, 0.6) is 5.88 Å². The topological polar surface area (TPSA) is 81.2 Å². The Hall–Kier alpha value is -3.00. The molecule has 0 radical (unpaired) electrons. The van der Waals surface area contributed by atoms with Crippen LogP contribution in [0.15, 0.2) is 65.6 Å². The first-order valence-corrected chi connectivity index (χ1v) is 9.81. The van der Waals surface area contributed by atoms with Gasteiger partial charge in [0.05, 0.1) is 17.2 Å². The Balaban J connectivity index is 1.73. The Morgan fingerprint density at radius 2 is 1.81 bits per heavy atom. The lowest BCUT2D eigenvalue weighted by atomic mass is 10.1. The molecule has 8 heteroatoms. The fraction of sp³-hybridized carbons (Fsp3) is 0.158. The molecule has 0 spiro atoms. The van der Waals surface area contributed by atoms with Gasteiger partial charge < -0.3 is 4.74 Å². The largest absolute Gasteiger partial charge is 0.477 e. The predicted octanol–water partition coefficient (Wildman–Crippen LogP) is 3.87. The Kier molecular flexibility index (Phi) is 5.66. The first kappa shape index (κ1) is 18.8. The molecule has 27 heavy (non-hydrogen) atoms. The fourth-order valence-corrected chi connectivity index (χ4v) is 3.40. The molecule has 0 saturated carbocycles. The van der Waals surface area contributed by atoms with Gasteiger partial charge in [-0.25, -0.2) is 12.8 Å². The predicted molar refractivity (Wildman–Crippen MR) is 100 cm³/mol. The van der Waals surface area contributed by atoms with Crippen LogP contribution in [-0.4, -0.2) is 25.2 Å². The van der Waals surface area contributed by atoms with E-state index in [2.05, 4.69) is 14.9 Å². The van der Waals surface area contributed by atoms with Gasteiger partial charge in [-0.1, -0.05) is 25.1 Å². The summed E-state index contributed by atoms with van der Waals surface area (Å²) in [4.78, 5) is -0.139. The molecule has 0 bridgehead atoms. The number of halogens is 1. The summed E-state index contributed by atoms with van der Waals surface area (Å²) in [5, 5.41) is 8.11. The molecule has 3 rings (SSSR count). The smallest absolute Gasteiger partial charge is 0.261 e. The van der Waals surface area contributed by atoms with Crippen molar-refractivity contribution in [1.82, 2.24) is 10.2 Å². The van der Waals surface area contributed by atoms with Gasteiger partial charge in [0.25, 0.3) is 10.0 Å². The van der Waals surface area contributed by atoms with Crippen molar-refractivity contribution in [1.29, 1.82) is 0 Å². The maximum absolute atomic E-state index is 13.3. The molecule has 0 unspecified atom stereocenters. The van der Waals surface area contributed by atoms with E-state index in [0.29, 0.717) is 23.9 Å². The number of aromatic nitrogens is 2. The maximum atomic E-state index is 13.3. The van der Waals surface area contributed by atoms with Crippen LogP contribution in [-0.2, 0) is 10.0 Å². The summed E-state index contributed by atoms with van der Waals surface area (Å²) in [5.41, 5.74) is 1.77. The molecule has 6 nitrogen and oxygen atoms in total. The number of sulfonamides is 1. The summed E-state index contributed by atoms with van der Waals surface area (Å²) >= 11 is 0. The van der Waals surface area contributed by atoms with Crippen molar-refractivity contribution in [3.63, 3.8) is 0 Å². The summed E-state index contributed by atoms with van der Waals surface area (Å²) in [6.07, 6.45) is 0.885. The zero-order valence-electron chi connectivity index (χ0n) is 14.6. The molecule has 0 aliphatic heterocycles. The zero-order valence-corrected chi connectivity index (χ0v) is 15.4. The van der Waals surface area contributed by atoms with Gasteiger partial charge in [-0.05, 0) is 42.8 Å². The van der Waals surface area contributed by atoms with E-state index >= 15 is 0 Å². The Labute approximate surface area is 157 Å². The van der Waals surface area contributed by atoms with E-state index in [1.807, 2.05) is 6.92 Å². The van der Waals surface area contributed by atoms with Crippen LogP contribution >= 0.6 is 0 Å². The van der Waals surface area contributed by atoms with Gasteiger partial charge in [0, 0.05) is 17.3 Å². The van der Waals surface area contributed by atoms with Gasteiger partial charge >= 0.3 is 0 Å². The van der Waals surface area contributed by atoms with Gasteiger partial charge in [0.2, 0.25) is 5.88 Å². The van der Waals surface area contributed by atoms with Crippen LogP contribution in [0.1, 0.15) is 13.3 Å². The van der Waals surface area contributed by atoms with Crippen LogP contribution in [0, 0.1) is 5.82 Å². The lowest BCUT2D eigenvalue weighted by Crippen LogP contribution is -2.13. The van der Waals surface area contributed by atoms with Crippen molar-refractivity contribution >= 4 is 15.7 Å². The second kappa shape index (κ2) is 8.13. The Morgan fingerprint density at radius 3 is 2.44 bits per heavy atom. The summed E-state index contributed by atoms with van der Waals surface area (Å²) in [7, 11) is -3.86. The molecule has 1 aromatic heterocycles. The van der Waals surface area contributed by atoms with Crippen LogP contribution < -0.4 is 9.46 Å². The quantitative estimate of drug-likeness (QED) is 0.665. The molecule has 0 saturated heterocycles. The molecule has 0 aliphatic carbocycles. The molecule has 140 valence electrons. The van der Waals surface area contributed by atoms with Crippen molar-refractivity contribution in [2.75, 3.05) is 11.3 Å². The van der Waals surface area contributed by atoms with Crippen molar-refractivity contribution < 1.29 is 17.5 Å². The fourth-order valence-electron chi connectivity index (χ4n) is 2.31. The van der Waals surface area contributed by atoms with Crippen LogP contribution in [0.3, 0.4) is 0 Å². The van der Waals surface area contributed by atoms with Crippen molar-refractivity contribution in [2.45, 2.75) is 18.2 Å². The first-order chi connectivity index (χ1) is 13.0. The number of anilines is 1. The van der Waals surface area contributed by atoms with E-state index in [9.17, 15) is 12.8 Å². The Bertz CT molecular complexity index is 1010. The molecule has 1 heterocycles. The average molecular weight is 387 g/mol. The second-order valence-corrected chi connectivity index (χ2v) is 7.43. The number of hydrogen-bond acceptors (Lipinski definition) is 5. The lowest BCUT2D eigenvalue weighted by molar-refractivity contribution is 0.302. The van der Waals surface area contributed by atoms with Crippen molar-refractivity contribution in [3.05, 3.63) is 66.5 Å². The van der Waals surface area contributed by atoms with E-state index < -0.39 is 15.8 Å². The number of rotatable bonds is 7. The lowest BCUT2D eigenvalue weighted by Gasteiger charge is -2.09. The molecule has 0 atom stereocenters. The molecule has 3 aromatic rings. The highest BCUT2D eigenvalue weighted by molar-refractivity contribution is 7.92. The van der Waals surface area contributed by atoms with Gasteiger partial charge in [-0.3, -0.25) is 4.72 Å². The third-order valence-electron chi connectivity index (χ3n) is 3.63. The summed E-state index contributed by atoms with van der Waals surface area (Å²) in [6, 6.07) is 15.0. The highest BCUT2D eigenvalue weighted by Crippen LogP contribution is 2.22. The van der Waals surface area contributed by atoms with E-state index in [-0.39, 0.29) is 4.90 Å². The third-order valence-corrected chi connectivity index (χ3v) is 5.01. The molecule has 2 aromatic carbocycles. The number of nitrogens with one attached hydrogen (secondary N) is 1. The molecule has 0 fully saturated rings. The van der Waals surface area contributed by atoms with Gasteiger partial charge in [0.15, 0.2) is 0 Å². The van der Waals surface area contributed by atoms with Gasteiger partial charge in [0.1, 0.15) is 5.82 Å². The van der Waals surface area contributed by atoms with Gasteiger partial charge in [-0.2, -0.15) is 0 Å². The summed E-state index contributed by atoms with van der Waals surface area (Å²) in [6.45, 7) is 2.58. The monoisotopic (exact) mass is 387 g/mol. The number of benzene rings is 2. The summed E-state index contributed by atoms with van der Waals surface area (Å²) < 4.78 is 45.7. The van der Waals surface area contributed by atoms with E-state index in [4.69, 9.17) is 4.74 Å². The zero-order chi connectivity index (χ0) is 19.3. The standard InChI is InChI=1S/C19H18FN3O3S/c1-2-12-26-19-11-10-18(21-22-19)14-6-8-16(9-7-14)23-27(24,25)17-5-3-4-15(20)13-17/h3-11,13,23H,2,12H2,1H3. The minimum Gasteiger partial charge on any atom is -0.477 e. The van der Waals surface area contributed by atoms with Crippen LogP contribution in [0.4, 0.5) is 10.1 Å². The average Bonchev–Trinajstić information content (AvgIpc) is 2.67. The maximum Gasteiger partial charge on any atom is 0.261 e. The SMILES string of the molecule is CCCOc1ccc(-c2ccc(NS(=O)(=O)c3cccc(F)c3)cc2)nn1. The molecular weight excluding hydrogens is 369 g/mol. The highest BCUT2D eigenvalue weighted by Gasteiger charge is 2.15. The normalized spacial score (nSPS) is 11.2. The Morgan fingerprint density at radius 1 is 1.04 bits per heavy atom. The summed E-state index contributed by atoms with van der Waals surface area (Å²) in [5.74, 6) is -0.154. The first-order valence-electron chi connectivity index (χ1n) is 8.33. The third kappa shape index (κ3) is 4.79. The minimum atomic E-state index is -3.86. The van der Waals surface area contributed by atoms with Crippen molar-refractivity contribution in [3.8, 4) is 17.1 Å². The van der Waals surface area contributed by atoms with E-state index in [1.54, 1.807) is 36.4 Å². The molecule has 1 N–H and O–H groups in total. The molecule has 0 aliphatic rings. The number of hydrogen-bond donors (Lipinski definition) is 1.